The Bertz CT molecular complexity index is 1770. The predicted octanol–water partition coefficient (Wildman–Crippen LogP) is 4.72. The molecule has 0 aliphatic carbocycles. The number of fused-ring (bicyclic) bond motifs is 1. The maximum Gasteiger partial charge on any atom is 0.256 e. The summed E-state index contributed by atoms with van der Waals surface area (Å²) in [6, 6.07) is 10.2. The van der Waals surface area contributed by atoms with Gasteiger partial charge in [0.25, 0.3) is 5.91 Å². The molecular formula is C29H26ClN9O2. The van der Waals surface area contributed by atoms with Crippen LogP contribution in [0.25, 0.3) is 33.3 Å². The van der Waals surface area contributed by atoms with Crippen LogP contribution in [0.3, 0.4) is 0 Å². The number of carbonyl (C=O) groups is 2. The van der Waals surface area contributed by atoms with Crippen LogP contribution in [0.5, 0.6) is 0 Å². The molecule has 1 atom stereocenters. The number of hydrogen-bond acceptors (Lipinski definition) is 7. The van der Waals surface area contributed by atoms with Gasteiger partial charge in [0.05, 0.1) is 28.2 Å². The number of nitrogen functional groups attached to an aromatic ring is 1. The number of nitrogens with two attached hydrogens (primary N) is 1. The zero-order chi connectivity index (χ0) is 28.5. The molecule has 1 fully saturated rings. The highest BCUT2D eigenvalue weighted by Gasteiger charge is 2.29. The topological polar surface area (TPSA) is 148 Å². The largest absolute Gasteiger partial charge is 0.383 e. The first kappa shape index (κ1) is 26.2. The molecular weight excluding hydrogens is 542 g/mol. The number of aromatic nitrogens is 6. The van der Waals surface area contributed by atoms with Crippen LogP contribution in [0.4, 0.5) is 11.6 Å². The third-order valence-corrected chi connectivity index (χ3v) is 7.50. The van der Waals surface area contributed by atoms with Crippen LogP contribution in [-0.4, -0.2) is 59.7 Å². The minimum absolute atomic E-state index is 0.120. The SMILES string of the molecule is C=CC(=O)N1CCCC(n2nc(-c3ccc(C(=O)Nc4ccccn4)cc3Cl)c3c(N)ncc(-c4cn[nH]c4)c32)C1. The Morgan fingerprint density at radius 2 is 2.05 bits per heavy atom. The lowest BCUT2D eigenvalue weighted by molar-refractivity contribution is -0.127. The van der Waals surface area contributed by atoms with Gasteiger partial charge in [-0.1, -0.05) is 30.3 Å². The van der Waals surface area contributed by atoms with Gasteiger partial charge in [-0.25, -0.2) is 9.97 Å². The fourth-order valence-electron chi connectivity index (χ4n) is 5.21. The smallest absolute Gasteiger partial charge is 0.256 e. The van der Waals surface area contributed by atoms with Crippen molar-refractivity contribution >= 4 is 46.0 Å². The van der Waals surface area contributed by atoms with E-state index in [-0.39, 0.29) is 23.7 Å². The second-order valence-corrected chi connectivity index (χ2v) is 10.1. The number of piperidine rings is 1. The van der Waals surface area contributed by atoms with Crippen LogP contribution in [0, 0.1) is 0 Å². The molecule has 1 unspecified atom stereocenters. The maximum absolute atomic E-state index is 12.9. The van der Waals surface area contributed by atoms with E-state index in [9.17, 15) is 9.59 Å². The number of benzene rings is 1. The minimum atomic E-state index is -0.342. The van der Waals surface area contributed by atoms with E-state index in [2.05, 4.69) is 32.1 Å². The molecule has 2 amide bonds. The first-order valence-electron chi connectivity index (χ1n) is 13.0. The average molecular weight is 568 g/mol. The summed E-state index contributed by atoms with van der Waals surface area (Å²) in [6.07, 6.45) is 9.74. The average Bonchev–Trinajstić information content (AvgIpc) is 3.67. The fraction of sp³-hybridized carbons (Fsp3) is 0.172. The van der Waals surface area contributed by atoms with Crippen molar-refractivity contribution < 1.29 is 9.59 Å². The van der Waals surface area contributed by atoms with E-state index in [1.807, 2.05) is 4.68 Å². The molecule has 5 aromatic rings. The fourth-order valence-corrected chi connectivity index (χ4v) is 5.48. The van der Waals surface area contributed by atoms with Crippen LogP contribution in [0.1, 0.15) is 29.2 Å². The van der Waals surface area contributed by atoms with Gasteiger partial charge in [0.15, 0.2) is 0 Å². The maximum atomic E-state index is 12.9. The van der Waals surface area contributed by atoms with Gasteiger partial charge >= 0.3 is 0 Å². The van der Waals surface area contributed by atoms with Crippen molar-refractivity contribution in [3.63, 3.8) is 0 Å². The lowest BCUT2D eigenvalue weighted by Gasteiger charge is -2.32. The van der Waals surface area contributed by atoms with Gasteiger partial charge in [0, 0.05) is 53.9 Å². The van der Waals surface area contributed by atoms with E-state index >= 15 is 0 Å². The Kier molecular flexibility index (Phi) is 6.94. The van der Waals surface area contributed by atoms with Crippen LogP contribution < -0.4 is 11.1 Å². The summed E-state index contributed by atoms with van der Waals surface area (Å²) in [5, 5.41) is 15.7. The number of amides is 2. The molecule has 12 heteroatoms. The highest BCUT2D eigenvalue weighted by atomic mass is 35.5. The van der Waals surface area contributed by atoms with Crippen molar-refractivity contribution in [2.75, 3.05) is 24.1 Å². The molecule has 1 aliphatic rings. The third kappa shape index (κ3) is 4.91. The van der Waals surface area contributed by atoms with Gasteiger partial charge < -0.3 is 16.0 Å². The summed E-state index contributed by atoms with van der Waals surface area (Å²) < 4.78 is 1.92. The first-order valence-corrected chi connectivity index (χ1v) is 13.4. The second kappa shape index (κ2) is 10.9. The Morgan fingerprint density at radius 1 is 1.17 bits per heavy atom. The Morgan fingerprint density at radius 3 is 2.78 bits per heavy atom. The monoisotopic (exact) mass is 567 g/mol. The standard InChI is InChI=1S/C29H26ClN9O2/c1-2-24(40)38-11-5-6-19(16-38)39-27-21(18-13-34-35-14-18)15-33-28(31)25(27)26(37-39)20-9-8-17(12-22(20)30)29(41)36-23-7-3-4-10-32-23/h2-4,7-10,12-15,19H,1,5-6,11,16H2,(H2,31,33)(H,34,35)(H,32,36,41). The van der Waals surface area contributed by atoms with E-state index in [1.165, 1.54) is 6.08 Å². The molecule has 0 spiro atoms. The highest BCUT2D eigenvalue weighted by Crippen LogP contribution is 2.41. The molecule has 0 saturated carbocycles. The molecule has 4 N–H and O–H groups in total. The normalized spacial score (nSPS) is 15.1. The van der Waals surface area contributed by atoms with E-state index < -0.39 is 0 Å². The van der Waals surface area contributed by atoms with E-state index in [4.69, 9.17) is 22.4 Å². The molecule has 6 rings (SSSR count). The number of nitrogens with zero attached hydrogens (tertiary/aromatic N) is 6. The van der Waals surface area contributed by atoms with Crippen LogP contribution >= 0.6 is 11.6 Å². The molecule has 0 radical (unpaired) electrons. The third-order valence-electron chi connectivity index (χ3n) is 7.19. The second-order valence-electron chi connectivity index (χ2n) is 9.71. The Labute approximate surface area is 240 Å². The number of halogens is 1. The lowest BCUT2D eigenvalue weighted by atomic mass is 10.0. The number of pyridine rings is 2. The van der Waals surface area contributed by atoms with Crippen LogP contribution in [0.15, 0.2) is 73.8 Å². The van der Waals surface area contributed by atoms with Crippen molar-refractivity contribution in [3.8, 4) is 22.4 Å². The molecule has 4 aromatic heterocycles. The first-order chi connectivity index (χ1) is 19.9. The van der Waals surface area contributed by atoms with Gasteiger partial charge in [-0.15, -0.1) is 0 Å². The van der Waals surface area contributed by atoms with Crippen molar-refractivity contribution in [2.45, 2.75) is 18.9 Å². The summed E-state index contributed by atoms with van der Waals surface area (Å²) in [7, 11) is 0. The van der Waals surface area contributed by atoms with Crippen molar-refractivity contribution in [2.24, 2.45) is 0 Å². The van der Waals surface area contributed by atoms with E-state index in [0.29, 0.717) is 46.1 Å². The minimum Gasteiger partial charge on any atom is -0.383 e. The molecule has 206 valence electrons. The van der Waals surface area contributed by atoms with Crippen molar-refractivity contribution in [1.29, 1.82) is 0 Å². The number of H-pyrrole nitrogens is 1. The Hall–Kier alpha value is -5.03. The predicted molar refractivity (Wildman–Crippen MR) is 157 cm³/mol. The summed E-state index contributed by atoms with van der Waals surface area (Å²) in [5.41, 5.74) is 10.4. The summed E-state index contributed by atoms with van der Waals surface area (Å²) in [4.78, 5) is 35.7. The van der Waals surface area contributed by atoms with Gasteiger partial charge in [0.1, 0.15) is 17.3 Å². The van der Waals surface area contributed by atoms with Gasteiger partial charge in [-0.2, -0.15) is 10.2 Å². The molecule has 41 heavy (non-hydrogen) atoms. The highest BCUT2D eigenvalue weighted by molar-refractivity contribution is 6.34. The zero-order valence-corrected chi connectivity index (χ0v) is 22.7. The molecule has 0 bridgehead atoms. The summed E-state index contributed by atoms with van der Waals surface area (Å²) in [5.74, 6) is 0.260. The van der Waals surface area contributed by atoms with E-state index in [0.717, 1.165) is 29.5 Å². The molecule has 1 aromatic carbocycles. The zero-order valence-electron chi connectivity index (χ0n) is 21.9. The number of carbonyl (C=O) groups excluding carboxylic acids is 2. The van der Waals surface area contributed by atoms with Gasteiger partial charge in [0.2, 0.25) is 5.91 Å². The van der Waals surface area contributed by atoms with Gasteiger partial charge in [-0.3, -0.25) is 19.4 Å². The van der Waals surface area contributed by atoms with Crippen molar-refractivity contribution in [1.82, 2.24) is 34.8 Å². The number of hydrogen-bond donors (Lipinski definition) is 3. The Balaban J connectivity index is 1.47. The molecule has 11 nitrogen and oxygen atoms in total. The molecule has 1 saturated heterocycles. The summed E-state index contributed by atoms with van der Waals surface area (Å²) >= 11 is 6.80. The number of rotatable bonds is 6. The van der Waals surface area contributed by atoms with Crippen LogP contribution in [0.2, 0.25) is 5.02 Å². The quantitative estimate of drug-likeness (QED) is 0.251. The van der Waals surface area contributed by atoms with E-state index in [1.54, 1.807) is 66.1 Å². The summed E-state index contributed by atoms with van der Waals surface area (Å²) in [6.45, 7) is 4.76. The number of anilines is 2. The van der Waals surface area contributed by atoms with Gasteiger partial charge in [-0.05, 0) is 43.2 Å². The van der Waals surface area contributed by atoms with Crippen LogP contribution in [-0.2, 0) is 4.79 Å². The number of nitrogens with one attached hydrogen (secondary N) is 2. The number of aromatic amines is 1. The lowest BCUT2D eigenvalue weighted by Crippen LogP contribution is -2.40. The number of likely N-dealkylation sites (tertiary alicyclic amines) is 1. The van der Waals surface area contributed by atoms with Crippen molar-refractivity contribution in [3.05, 3.63) is 84.4 Å². The molecule has 5 heterocycles. The molecule has 1 aliphatic heterocycles.